The summed E-state index contributed by atoms with van der Waals surface area (Å²) in [6, 6.07) is 0. The molecular weight excluding hydrogens is 208 g/mol. The molecular formula is C10H26O2Si2. The fourth-order valence-corrected chi connectivity index (χ4v) is 8.60. The fourth-order valence-electron chi connectivity index (χ4n) is 1.35. The Morgan fingerprint density at radius 2 is 1.29 bits per heavy atom. The third-order valence-corrected chi connectivity index (χ3v) is 7.32. The predicted octanol–water partition coefficient (Wildman–Crippen LogP) is 3.60. The summed E-state index contributed by atoms with van der Waals surface area (Å²) in [5.74, 6) is 0.562. The monoisotopic (exact) mass is 234 g/mol. The third-order valence-electron chi connectivity index (χ3n) is 1.96. The molecule has 0 aliphatic rings. The molecule has 0 saturated heterocycles. The SMILES string of the molecule is CC(C)C(C)O[Si](C)(C)O[Si](C)(C)C. The maximum atomic E-state index is 6.10. The Morgan fingerprint density at radius 3 is 1.57 bits per heavy atom. The highest BCUT2D eigenvalue weighted by molar-refractivity contribution is 6.81. The Kier molecular flexibility index (Phi) is 5.04. The maximum Gasteiger partial charge on any atom is 0.321 e. The van der Waals surface area contributed by atoms with E-state index in [1.807, 2.05) is 0 Å². The van der Waals surface area contributed by atoms with Gasteiger partial charge >= 0.3 is 8.56 Å². The molecule has 0 aliphatic heterocycles. The first kappa shape index (κ1) is 14.4. The van der Waals surface area contributed by atoms with E-state index in [1.165, 1.54) is 0 Å². The van der Waals surface area contributed by atoms with E-state index < -0.39 is 16.9 Å². The Balaban J connectivity index is 4.20. The first-order valence-electron chi connectivity index (χ1n) is 5.41. The molecule has 4 heteroatoms. The van der Waals surface area contributed by atoms with Gasteiger partial charge in [0.2, 0.25) is 0 Å². The van der Waals surface area contributed by atoms with Gasteiger partial charge < -0.3 is 8.54 Å². The molecule has 1 unspecified atom stereocenters. The van der Waals surface area contributed by atoms with Gasteiger partial charge in [-0.1, -0.05) is 13.8 Å². The molecule has 0 amide bonds. The minimum Gasteiger partial charge on any atom is -0.436 e. The lowest BCUT2D eigenvalue weighted by molar-refractivity contribution is 0.130. The Hall–Kier alpha value is 0.354. The van der Waals surface area contributed by atoms with Crippen LogP contribution >= 0.6 is 0 Å². The summed E-state index contributed by atoms with van der Waals surface area (Å²) in [7, 11) is -3.36. The van der Waals surface area contributed by atoms with E-state index in [2.05, 4.69) is 53.5 Å². The lowest BCUT2D eigenvalue weighted by Crippen LogP contribution is -2.47. The molecule has 0 aromatic heterocycles. The second-order valence-corrected chi connectivity index (χ2v) is 13.8. The van der Waals surface area contributed by atoms with Gasteiger partial charge in [-0.3, -0.25) is 0 Å². The van der Waals surface area contributed by atoms with Gasteiger partial charge in [0.1, 0.15) is 0 Å². The average Bonchev–Trinajstić information content (AvgIpc) is 1.78. The zero-order valence-corrected chi connectivity index (χ0v) is 13.0. The van der Waals surface area contributed by atoms with Crippen LogP contribution < -0.4 is 0 Å². The molecule has 0 fully saturated rings. The molecule has 0 N–H and O–H groups in total. The summed E-state index contributed by atoms with van der Waals surface area (Å²) in [6.45, 7) is 17.4. The molecule has 0 rings (SSSR count). The molecule has 0 aliphatic carbocycles. The van der Waals surface area contributed by atoms with E-state index >= 15 is 0 Å². The normalized spacial score (nSPS) is 16.1. The van der Waals surface area contributed by atoms with Crippen molar-refractivity contribution in [1.29, 1.82) is 0 Å². The van der Waals surface area contributed by atoms with Crippen molar-refractivity contribution in [3.8, 4) is 0 Å². The highest BCUT2D eigenvalue weighted by Gasteiger charge is 2.33. The lowest BCUT2D eigenvalue weighted by Gasteiger charge is -2.34. The van der Waals surface area contributed by atoms with Gasteiger partial charge in [-0.05, 0) is 45.6 Å². The Labute approximate surface area is 91.4 Å². The minimum atomic E-state index is -1.90. The van der Waals surface area contributed by atoms with Crippen molar-refractivity contribution in [3.63, 3.8) is 0 Å². The summed E-state index contributed by atoms with van der Waals surface area (Å²) in [5, 5.41) is 0. The van der Waals surface area contributed by atoms with Gasteiger partial charge in [-0.2, -0.15) is 0 Å². The fraction of sp³-hybridized carbons (Fsp3) is 1.00. The van der Waals surface area contributed by atoms with Gasteiger partial charge in [0, 0.05) is 6.10 Å². The Morgan fingerprint density at radius 1 is 0.857 bits per heavy atom. The van der Waals surface area contributed by atoms with E-state index in [4.69, 9.17) is 8.54 Å². The van der Waals surface area contributed by atoms with Crippen molar-refractivity contribution >= 4 is 16.9 Å². The Bertz CT molecular complexity index is 173. The van der Waals surface area contributed by atoms with Crippen molar-refractivity contribution in [3.05, 3.63) is 0 Å². The highest BCUT2D eigenvalue weighted by Crippen LogP contribution is 2.19. The van der Waals surface area contributed by atoms with Crippen LogP contribution in [-0.4, -0.2) is 23.0 Å². The zero-order valence-electron chi connectivity index (χ0n) is 11.0. The van der Waals surface area contributed by atoms with Crippen LogP contribution in [0.1, 0.15) is 20.8 Å². The molecule has 0 spiro atoms. The summed E-state index contributed by atoms with van der Waals surface area (Å²) < 4.78 is 12.1. The smallest absolute Gasteiger partial charge is 0.321 e. The van der Waals surface area contributed by atoms with Crippen LogP contribution in [0.4, 0.5) is 0 Å². The highest BCUT2D eigenvalue weighted by atomic mass is 28.4. The van der Waals surface area contributed by atoms with Crippen molar-refractivity contribution < 1.29 is 8.54 Å². The quantitative estimate of drug-likeness (QED) is 0.677. The standard InChI is InChI=1S/C10H26O2Si2/c1-9(2)10(3)11-14(7,8)12-13(4,5)6/h9-10H,1-8H3. The number of rotatable bonds is 5. The van der Waals surface area contributed by atoms with Crippen molar-refractivity contribution in [2.24, 2.45) is 5.92 Å². The molecule has 0 saturated carbocycles. The van der Waals surface area contributed by atoms with Gasteiger partial charge in [0.05, 0.1) is 0 Å². The first-order chi connectivity index (χ1) is 6.03. The molecule has 0 heterocycles. The van der Waals surface area contributed by atoms with Crippen molar-refractivity contribution in [2.45, 2.75) is 59.6 Å². The summed E-state index contributed by atoms with van der Waals surface area (Å²) in [4.78, 5) is 0. The summed E-state index contributed by atoms with van der Waals surface area (Å²) in [6.07, 6.45) is 0.299. The molecule has 1 atom stereocenters. The first-order valence-corrected chi connectivity index (χ1v) is 11.6. The van der Waals surface area contributed by atoms with Gasteiger partial charge in [-0.15, -0.1) is 0 Å². The van der Waals surface area contributed by atoms with E-state index in [9.17, 15) is 0 Å². The van der Waals surface area contributed by atoms with Crippen LogP contribution in [0.2, 0.25) is 32.7 Å². The van der Waals surface area contributed by atoms with Gasteiger partial charge in [0.15, 0.2) is 8.32 Å². The minimum absolute atomic E-state index is 0.299. The van der Waals surface area contributed by atoms with E-state index in [1.54, 1.807) is 0 Å². The summed E-state index contributed by atoms with van der Waals surface area (Å²) in [5.41, 5.74) is 0. The van der Waals surface area contributed by atoms with Gasteiger partial charge in [-0.25, -0.2) is 0 Å². The zero-order chi connectivity index (χ0) is 11.6. The van der Waals surface area contributed by atoms with Crippen molar-refractivity contribution in [2.75, 3.05) is 0 Å². The molecule has 0 bridgehead atoms. The molecule has 2 nitrogen and oxygen atoms in total. The number of hydrogen-bond donors (Lipinski definition) is 0. The second-order valence-electron chi connectivity index (χ2n) is 5.68. The summed E-state index contributed by atoms with van der Waals surface area (Å²) >= 11 is 0. The van der Waals surface area contributed by atoms with E-state index in [-0.39, 0.29) is 0 Å². The van der Waals surface area contributed by atoms with Crippen LogP contribution in [0.15, 0.2) is 0 Å². The molecule has 0 radical (unpaired) electrons. The van der Waals surface area contributed by atoms with Crippen molar-refractivity contribution in [1.82, 2.24) is 0 Å². The molecule has 0 aromatic rings. The molecule has 14 heavy (non-hydrogen) atoms. The predicted molar refractivity (Wildman–Crippen MR) is 67.3 cm³/mol. The average molecular weight is 234 g/mol. The molecule has 86 valence electrons. The third kappa shape index (κ3) is 6.76. The van der Waals surface area contributed by atoms with E-state index in [0.717, 1.165) is 0 Å². The maximum absolute atomic E-state index is 6.10. The molecule has 0 aromatic carbocycles. The number of hydrogen-bond acceptors (Lipinski definition) is 2. The van der Waals surface area contributed by atoms with Crippen LogP contribution in [0.25, 0.3) is 0 Å². The second kappa shape index (κ2) is 4.92. The van der Waals surface area contributed by atoms with Gasteiger partial charge in [0.25, 0.3) is 0 Å². The topological polar surface area (TPSA) is 18.5 Å². The van der Waals surface area contributed by atoms with Crippen LogP contribution in [0.3, 0.4) is 0 Å². The van der Waals surface area contributed by atoms with Crippen LogP contribution in [-0.2, 0) is 8.54 Å². The van der Waals surface area contributed by atoms with Crippen LogP contribution in [0.5, 0.6) is 0 Å². The largest absolute Gasteiger partial charge is 0.436 e. The lowest BCUT2D eigenvalue weighted by atomic mass is 10.1. The van der Waals surface area contributed by atoms with Crippen LogP contribution in [0, 0.1) is 5.92 Å². The van der Waals surface area contributed by atoms with E-state index in [0.29, 0.717) is 12.0 Å².